The van der Waals surface area contributed by atoms with Crippen LogP contribution in [0.4, 0.5) is 0 Å². The Morgan fingerprint density at radius 3 is 2.52 bits per heavy atom. The van der Waals surface area contributed by atoms with Gasteiger partial charge in [-0.25, -0.2) is 0 Å². The van der Waals surface area contributed by atoms with Crippen LogP contribution in [-0.2, 0) is 11.3 Å². The number of carbonyl (C=O) groups excluding carboxylic acids is 1. The molecule has 1 aromatic heterocycles. The molecule has 0 aliphatic carbocycles. The van der Waals surface area contributed by atoms with E-state index in [2.05, 4.69) is 19.2 Å². The standard InChI is InChI=1S/C18H24N2O3/c1-13(2)11-22-12-16(17-4-3-9-23-17)20-18(21)15-7-5-14(10-19)6-8-15/h3-9,13,16H,10-12,19H2,1-2H3,(H,20,21). The molecule has 0 radical (unpaired) electrons. The first kappa shape index (κ1) is 17.2. The maximum atomic E-state index is 12.4. The average Bonchev–Trinajstić information content (AvgIpc) is 3.08. The summed E-state index contributed by atoms with van der Waals surface area (Å²) in [6.07, 6.45) is 1.59. The third-order valence-corrected chi connectivity index (χ3v) is 3.38. The molecule has 3 N–H and O–H groups in total. The fourth-order valence-electron chi connectivity index (χ4n) is 2.14. The molecule has 0 spiro atoms. The molecule has 0 aliphatic heterocycles. The van der Waals surface area contributed by atoms with Gasteiger partial charge in [-0.1, -0.05) is 26.0 Å². The van der Waals surface area contributed by atoms with Crippen LogP contribution < -0.4 is 11.1 Å². The molecule has 1 amide bonds. The van der Waals surface area contributed by atoms with Gasteiger partial charge < -0.3 is 20.2 Å². The van der Waals surface area contributed by atoms with Gasteiger partial charge in [0.05, 0.1) is 12.9 Å². The van der Waals surface area contributed by atoms with Crippen LogP contribution in [0.15, 0.2) is 47.1 Å². The summed E-state index contributed by atoms with van der Waals surface area (Å²) in [5.74, 6) is 0.954. The maximum absolute atomic E-state index is 12.4. The fourth-order valence-corrected chi connectivity index (χ4v) is 2.14. The molecule has 0 aliphatic rings. The number of nitrogens with two attached hydrogens (primary N) is 1. The first-order chi connectivity index (χ1) is 11.1. The number of amides is 1. The molecule has 0 bridgehead atoms. The summed E-state index contributed by atoms with van der Waals surface area (Å²) in [5.41, 5.74) is 7.15. The lowest BCUT2D eigenvalue weighted by molar-refractivity contribution is 0.0730. The molecule has 124 valence electrons. The molecule has 1 heterocycles. The first-order valence-corrected chi connectivity index (χ1v) is 7.81. The van der Waals surface area contributed by atoms with Crippen molar-refractivity contribution in [1.29, 1.82) is 0 Å². The summed E-state index contributed by atoms with van der Waals surface area (Å²) < 4.78 is 11.1. The molecule has 5 heteroatoms. The van der Waals surface area contributed by atoms with Crippen LogP contribution in [0.25, 0.3) is 0 Å². The Balaban J connectivity index is 2.02. The lowest BCUT2D eigenvalue weighted by Crippen LogP contribution is -2.31. The van der Waals surface area contributed by atoms with Gasteiger partial charge in [-0.2, -0.15) is 0 Å². The van der Waals surface area contributed by atoms with E-state index in [-0.39, 0.29) is 11.9 Å². The highest BCUT2D eigenvalue weighted by Crippen LogP contribution is 2.16. The van der Waals surface area contributed by atoms with Crippen molar-refractivity contribution in [2.75, 3.05) is 13.2 Å². The Bertz CT molecular complexity index is 591. The van der Waals surface area contributed by atoms with Gasteiger partial charge in [-0.15, -0.1) is 0 Å². The van der Waals surface area contributed by atoms with Crippen LogP contribution in [0.1, 0.15) is 41.6 Å². The number of nitrogens with one attached hydrogen (secondary N) is 1. The van der Waals surface area contributed by atoms with Crippen LogP contribution in [-0.4, -0.2) is 19.1 Å². The number of furan rings is 1. The minimum absolute atomic E-state index is 0.164. The van der Waals surface area contributed by atoms with E-state index in [1.54, 1.807) is 24.5 Å². The van der Waals surface area contributed by atoms with Gasteiger partial charge in [0.15, 0.2) is 0 Å². The Morgan fingerprint density at radius 1 is 1.22 bits per heavy atom. The molecule has 0 fully saturated rings. The Kier molecular flexibility index (Phi) is 6.38. The number of hydrogen-bond donors (Lipinski definition) is 2. The lowest BCUT2D eigenvalue weighted by atomic mass is 10.1. The van der Waals surface area contributed by atoms with Crippen LogP contribution in [0.2, 0.25) is 0 Å². The van der Waals surface area contributed by atoms with Gasteiger partial charge in [0.25, 0.3) is 5.91 Å². The van der Waals surface area contributed by atoms with E-state index in [1.807, 2.05) is 18.2 Å². The topological polar surface area (TPSA) is 77.5 Å². The van der Waals surface area contributed by atoms with Crippen molar-refractivity contribution in [1.82, 2.24) is 5.32 Å². The zero-order chi connectivity index (χ0) is 16.7. The van der Waals surface area contributed by atoms with Gasteiger partial charge >= 0.3 is 0 Å². The highest BCUT2D eigenvalue weighted by Gasteiger charge is 2.18. The molecule has 2 rings (SSSR count). The summed E-state index contributed by atoms with van der Waals surface area (Å²) in [7, 11) is 0. The van der Waals surface area contributed by atoms with E-state index in [9.17, 15) is 4.79 Å². The summed E-state index contributed by atoms with van der Waals surface area (Å²) in [6.45, 7) is 5.63. The van der Waals surface area contributed by atoms with Crippen molar-refractivity contribution >= 4 is 5.91 Å². The molecule has 2 aromatic rings. The zero-order valence-corrected chi connectivity index (χ0v) is 13.6. The average molecular weight is 316 g/mol. The van der Waals surface area contributed by atoms with Crippen molar-refractivity contribution in [2.45, 2.75) is 26.4 Å². The SMILES string of the molecule is CC(C)COCC(NC(=O)c1ccc(CN)cc1)c1ccco1. The van der Waals surface area contributed by atoms with E-state index in [0.29, 0.717) is 37.0 Å². The quantitative estimate of drug-likeness (QED) is 0.785. The molecule has 23 heavy (non-hydrogen) atoms. The number of hydrogen-bond acceptors (Lipinski definition) is 4. The van der Waals surface area contributed by atoms with Gasteiger partial charge in [0.1, 0.15) is 11.8 Å². The van der Waals surface area contributed by atoms with E-state index < -0.39 is 0 Å². The molecule has 1 unspecified atom stereocenters. The summed E-state index contributed by atoms with van der Waals surface area (Å²) >= 11 is 0. The number of ether oxygens (including phenoxy) is 1. The Hall–Kier alpha value is -2.11. The van der Waals surface area contributed by atoms with Crippen molar-refractivity contribution in [2.24, 2.45) is 11.7 Å². The van der Waals surface area contributed by atoms with Crippen LogP contribution in [0.5, 0.6) is 0 Å². The Labute approximate surface area is 136 Å². The zero-order valence-electron chi connectivity index (χ0n) is 13.6. The van der Waals surface area contributed by atoms with Crippen molar-refractivity contribution in [3.8, 4) is 0 Å². The third kappa shape index (κ3) is 5.23. The summed E-state index contributed by atoms with van der Waals surface area (Å²) in [5, 5.41) is 2.96. The van der Waals surface area contributed by atoms with Crippen LogP contribution >= 0.6 is 0 Å². The van der Waals surface area contributed by atoms with Crippen molar-refractivity contribution in [3.05, 3.63) is 59.5 Å². The predicted molar refractivity (Wildman–Crippen MR) is 88.9 cm³/mol. The molecular weight excluding hydrogens is 292 g/mol. The predicted octanol–water partition coefficient (Wildman–Crippen LogP) is 2.88. The second-order valence-corrected chi connectivity index (χ2v) is 5.87. The first-order valence-electron chi connectivity index (χ1n) is 7.81. The normalized spacial score (nSPS) is 12.3. The molecule has 1 atom stereocenters. The van der Waals surface area contributed by atoms with E-state index >= 15 is 0 Å². The van der Waals surface area contributed by atoms with E-state index in [1.165, 1.54) is 0 Å². The molecule has 1 aromatic carbocycles. The minimum Gasteiger partial charge on any atom is -0.467 e. The molecular formula is C18H24N2O3. The molecule has 0 saturated heterocycles. The van der Waals surface area contributed by atoms with E-state index in [4.69, 9.17) is 14.9 Å². The van der Waals surface area contributed by atoms with Gasteiger partial charge in [-0.3, -0.25) is 4.79 Å². The Morgan fingerprint density at radius 2 is 1.96 bits per heavy atom. The number of carbonyl (C=O) groups is 1. The number of rotatable bonds is 8. The van der Waals surface area contributed by atoms with Crippen LogP contribution in [0, 0.1) is 5.92 Å². The largest absolute Gasteiger partial charge is 0.467 e. The maximum Gasteiger partial charge on any atom is 0.251 e. The van der Waals surface area contributed by atoms with Gasteiger partial charge in [0, 0.05) is 18.7 Å². The highest BCUT2D eigenvalue weighted by atomic mass is 16.5. The van der Waals surface area contributed by atoms with Gasteiger partial charge in [0.2, 0.25) is 0 Å². The van der Waals surface area contributed by atoms with Crippen molar-refractivity contribution < 1.29 is 13.9 Å². The van der Waals surface area contributed by atoms with Crippen LogP contribution in [0.3, 0.4) is 0 Å². The second-order valence-electron chi connectivity index (χ2n) is 5.87. The number of benzene rings is 1. The summed E-state index contributed by atoms with van der Waals surface area (Å²) in [6, 6.07) is 10.6. The molecule has 5 nitrogen and oxygen atoms in total. The van der Waals surface area contributed by atoms with Crippen molar-refractivity contribution in [3.63, 3.8) is 0 Å². The monoisotopic (exact) mass is 316 g/mol. The van der Waals surface area contributed by atoms with Gasteiger partial charge in [-0.05, 0) is 35.7 Å². The lowest BCUT2D eigenvalue weighted by Gasteiger charge is -2.18. The summed E-state index contributed by atoms with van der Waals surface area (Å²) in [4.78, 5) is 12.4. The third-order valence-electron chi connectivity index (χ3n) is 3.38. The van der Waals surface area contributed by atoms with E-state index in [0.717, 1.165) is 5.56 Å². The fraction of sp³-hybridized carbons (Fsp3) is 0.389. The smallest absolute Gasteiger partial charge is 0.251 e. The molecule has 0 saturated carbocycles. The second kappa shape index (κ2) is 8.50. The highest BCUT2D eigenvalue weighted by molar-refractivity contribution is 5.94. The minimum atomic E-state index is -0.314.